The Morgan fingerprint density at radius 1 is 0.340 bits per heavy atom. The van der Waals surface area contributed by atoms with Crippen molar-refractivity contribution in [1.82, 2.24) is 29.9 Å². The van der Waals surface area contributed by atoms with E-state index in [0.29, 0.717) is 72.7 Å². The number of phenolic OH excluding ortho intramolecular Hbond substituents is 2. The van der Waals surface area contributed by atoms with Crippen LogP contribution in [0.1, 0.15) is 169 Å². The maximum absolute atomic E-state index is 11.3. The highest BCUT2D eigenvalue weighted by Gasteiger charge is 2.22. The van der Waals surface area contributed by atoms with E-state index in [9.17, 15) is 10.2 Å². The second-order valence-corrected chi connectivity index (χ2v) is 25.3. The topological polar surface area (TPSA) is 155 Å². The molecule has 0 bridgehead atoms. The summed E-state index contributed by atoms with van der Waals surface area (Å²) in [5.41, 5.74) is 4.66. The van der Waals surface area contributed by atoms with E-state index in [1.807, 2.05) is 30.3 Å². The van der Waals surface area contributed by atoms with Crippen LogP contribution < -0.4 is 9.47 Å². The zero-order chi connectivity index (χ0) is 65.8. The number of fused-ring (bicyclic) bond motifs is 7. The fourth-order valence-corrected chi connectivity index (χ4v) is 12.5. The van der Waals surface area contributed by atoms with Gasteiger partial charge in [0.05, 0.1) is 49.8 Å². The lowest BCUT2D eigenvalue weighted by Crippen LogP contribution is -2.13. The van der Waals surface area contributed by atoms with Gasteiger partial charge in [0.15, 0.2) is 23.3 Å². The van der Waals surface area contributed by atoms with Crippen molar-refractivity contribution in [1.29, 1.82) is 0 Å². The SMILES string of the molecule is CCCCC(CC)COc1nc(-c2ccc(COC(CC)CCCC)cc2O)nc(-c2cc3c4ccccc4ccc3c3ccccc23)n1.CCCCC(CC)COc1nc(-c2ccc3cc4ccccc4cc3c2)nc(-c2ccc(COC(CC)CCCC)cc2O)n1. The van der Waals surface area contributed by atoms with Crippen molar-refractivity contribution >= 4 is 53.9 Å². The Morgan fingerprint density at radius 2 is 0.777 bits per heavy atom. The number of rotatable bonds is 32. The third-order valence-corrected chi connectivity index (χ3v) is 18.4. The van der Waals surface area contributed by atoms with Gasteiger partial charge in [-0.05, 0) is 164 Å². The van der Waals surface area contributed by atoms with Gasteiger partial charge in [0, 0.05) is 11.1 Å². The first-order valence-electron chi connectivity index (χ1n) is 35.0. The molecule has 0 spiro atoms. The minimum absolute atomic E-state index is 0.106. The lowest BCUT2D eigenvalue weighted by atomic mass is 9.93. The van der Waals surface area contributed by atoms with Gasteiger partial charge in [0.1, 0.15) is 11.5 Å². The first-order valence-corrected chi connectivity index (χ1v) is 35.0. The van der Waals surface area contributed by atoms with Crippen molar-refractivity contribution in [2.45, 2.75) is 184 Å². The van der Waals surface area contributed by atoms with Crippen molar-refractivity contribution < 1.29 is 29.2 Å². The minimum Gasteiger partial charge on any atom is -0.507 e. The molecule has 0 aliphatic carbocycles. The maximum atomic E-state index is 11.3. The smallest absolute Gasteiger partial charge is 0.320 e. The molecular weight excluding hydrogens is 1160 g/mol. The van der Waals surface area contributed by atoms with Crippen LogP contribution >= 0.6 is 0 Å². The van der Waals surface area contributed by atoms with E-state index < -0.39 is 0 Å². The molecule has 2 N–H and O–H groups in total. The molecule has 4 unspecified atom stereocenters. The molecule has 11 rings (SSSR count). The normalized spacial score (nSPS) is 12.9. The standard InChI is InChI=1S/C43H49N3O3.C39H47N3O3/c1-5-9-15-29(7-3)27-49-43-45-41(37-23-21-30(25-40(37)47)28-48-32(8-4)17-10-6-2)44-42(46-43)39-26-38-33-18-12-11-16-31(33)22-24-36(38)34-19-13-14-20-35(34)39;1-5-9-13-27(7-3)25-45-39-41-37(32-19-18-31-22-29-14-11-12-15-30(29)23-33(31)24-32)40-38(42-39)35-20-17-28(21-36(35)43)26-44-34(8-4)16-10-6-2/h11-14,16,18-26,29,32,47H,5-10,15,17,27-28H2,1-4H3;11-12,14-15,17-24,27,34,43H,5-10,13,16,25-26H2,1-4H3. The second kappa shape index (κ2) is 34.0. The molecule has 94 heavy (non-hydrogen) atoms. The van der Waals surface area contributed by atoms with Crippen molar-refractivity contribution in [3.8, 4) is 69.1 Å². The van der Waals surface area contributed by atoms with Crippen LogP contribution in [0.3, 0.4) is 0 Å². The zero-order valence-electron chi connectivity index (χ0n) is 56.7. The van der Waals surface area contributed by atoms with Gasteiger partial charge < -0.3 is 29.2 Å². The van der Waals surface area contributed by atoms with Gasteiger partial charge in [-0.2, -0.15) is 19.9 Å². The van der Waals surface area contributed by atoms with Crippen LogP contribution in [0, 0.1) is 11.8 Å². The number of hydrogen-bond donors (Lipinski definition) is 2. The summed E-state index contributed by atoms with van der Waals surface area (Å²) in [5.74, 6) is 2.85. The Morgan fingerprint density at radius 3 is 1.30 bits per heavy atom. The molecule has 0 radical (unpaired) electrons. The molecule has 12 nitrogen and oxygen atoms in total. The molecule has 0 aliphatic heterocycles. The fraction of sp³-hybridized carbons (Fsp3) is 0.390. The summed E-state index contributed by atoms with van der Waals surface area (Å²) in [5, 5.41) is 34.0. The van der Waals surface area contributed by atoms with Gasteiger partial charge in [-0.15, -0.1) is 0 Å². The van der Waals surface area contributed by atoms with Crippen LogP contribution in [0.2, 0.25) is 0 Å². The third kappa shape index (κ3) is 17.4. The zero-order valence-corrected chi connectivity index (χ0v) is 56.7. The number of phenols is 2. The number of unbranched alkanes of at least 4 members (excludes halogenated alkanes) is 4. The van der Waals surface area contributed by atoms with Crippen LogP contribution in [0.15, 0.2) is 158 Å². The van der Waals surface area contributed by atoms with Gasteiger partial charge in [0.2, 0.25) is 0 Å². The molecule has 9 aromatic carbocycles. The third-order valence-electron chi connectivity index (χ3n) is 18.4. The highest BCUT2D eigenvalue weighted by Crippen LogP contribution is 2.40. The Kier molecular flexibility index (Phi) is 24.7. The summed E-state index contributed by atoms with van der Waals surface area (Å²) in [7, 11) is 0. The van der Waals surface area contributed by atoms with E-state index in [0.717, 1.165) is 145 Å². The van der Waals surface area contributed by atoms with E-state index in [2.05, 4.69) is 171 Å². The first kappa shape index (κ1) is 68.3. The second-order valence-electron chi connectivity index (χ2n) is 25.3. The van der Waals surface area contributed by atoms with E-state index >= 15 is 0 Å². The molecule has 4 atom stereocenters. The molecular formula is C82H96N6O6. The molecule has 0 saturated heterocycles. The summed E-state index contributed by atoms with van der Waals surface area (Å²) in [6.07, 6.45) is 18.0. The summed E-state index contributed by atoms with van der Waals surface area (Å²) in [6.45, 7) is 19.5. The molecule has 2 aromatic heterocycles. The van der Waals surface area contributed by atoms with Crippen LogP contribution in [0.5, 0.6) is 23.5 Å². The van der Waals surface area contributed by atoms with E-state index in [1.165, 1.54) is 33.4 Å². The van der Waals surface area contributed by atoms with Crippen molar-refractivity contribution in [3.05, 3.63) is 169 Å². The van der Waals surface area contributed by atoms with E-state index in [1.54, 1.807) is 12.1 Å². The molecule has 0 aliphatic rings. The largest absolute Gasteiger partial charge is 0.507 e. The quantitative estimate of drug-likeness (QED) is 0.0305. The minimum atomic E-state index is 0.106. The first-order chi connectivity index (χ1) is 46.0. The van der Waals surface area contributed by atoms with Crippen molar-refractivity contribution in [3.63, 3.8) is 0 Å². The van der Waals surface area contributed by atoms with Crippen LogP contribution in [0.25, 0.3) is 99.4 Å². The Bertz CT molecular complexity index is 4270. The Balaban J connectivity index is 0.000000206. The van der Waals surface area contributed by atoms with E-state index in [4.69, 9.17) is 48.9 Å². The van der Waals surface area contributed by atoms with Gasteiger partial charge >= 0.3 is 12.0 Å². The van der Waals surface area contributed by atoms with E-state index in [-0.39, 0.29) is 35.7 Å². The predicted octanol–water partition coefficient (Wildman–Crippen LogP) is 21.7. The molecule has 0 amide bonds. The highest BCUT2D eigenvalue weighted by atomic mass is 16.5. The number of aromatic nitrogens is 6. The lowest BCUT2D eigenvalue weighted by Gasteiger charge is -2.17. The Hall–Kier alpha value is -8.58. The van der Waals surface area contributed by atoms with Gasteiger partial charge in [-0.1, -0.05) is 229 Å². The van der Waals surface area contributed by atoms with Gasteiger partial charge in [0.25, 0.3) is 0 Å². The van der Waals surface area contributed by atoms with Crippen molar-refractivity contribution in [2.24, 2.45) is 11.8 Å². The average Bonchev–Trinajstić information content (AvgIpc) is 0.749. The summed E-state index contributed by atoms with van der Waals surface area (Å²) >= 11 is 0. The Labute approximate surface area is 556 Å². The number of aromatic hydroxyl groups is 2. The molecule has 0 fully saturated rings. The summed E-state index contributed by atoms with van der Waals surface area (Å²) < 4.78 is 25.0. The molecule has 490 valence electrons. The molecule has 2 heterocycles. The molecule has 0 saturated carbocycles. The number of ether oxygens (including phenoxy) is 4. The van der Waals surface area contributed by atoms with Gasteiger partial charge in [-0.25, -0.2) is 9.97 Å². The fourth-order valence-electron chi connectivity index (χ4n) is 12.5. The number of hydrogen-bond acceptors (Lipinski definition) is 12. The lowest BCUT2D eigenvalue weighted by molar-refractivity contribution is 0.0311. The predicted molar refractivity (Wildman–Crippen MR) is 387 cm³/mol. The van der Waals surface area contributed by atoms with Crippen LogP contribution in [0.4, 0.5) is 0 Å². The van der Waals surface area contributed by atoms with Crippen LogP contribution in [-0.2, 0) is 22.7 Å². The summed E-state index contributed by atoms with van der Waals surface area (Å²) in [4.78, 5) is 29.1. The maximum Gasteiger partial charge on any atom is 0.320 e. The highest BCUT2D eigenvalue weighted by molar-refractivity contribution is 6.20. The molecule has 11 aromatic rings. The average molecular weight is 1260 g/mol. The van der Waals surface area contributed by atoms with Crippen LogP contribution in [-0.4, -0.2) is 65.5 Å². The monoisotopic (exact) mass is 1260 g/mol. The van der Waals surface area contributed by atoms with Crippen molar-refractivity contribution in [2.75, 3.05) is 13.2 Å². The number of nitrogens with zero attached hydrogens (tertiary/aromatic N) is 6. The number of benzene rings is 9. The molecule has 12 heteroatoms. The van der Waals surface area contributed by atoms with Gasteiger partial charge in [-0.3, -0.25) is 0 Å². The summed E-state index contributed by atoms with van der Waals surface area (Å²) in [6, 6.07) is 54.3.